The molecule has 0 spiro atoms. The molecule has 27 heavy (non-hydrogen) atoms. The Labute approximate surface area is 165 Å². The molecule has 4 aromatic rings. The van der Waals surface area contributed by atoms with Gasteiger partial charge >= 0.3 is 0 Å². The predicted molar refractivity (Wildman–Crippen MR) is 108 cm³/mol. The van der Waals surface area contributed by atoms with Gasteiger partial charge in [0.25, 0.3) is 0 Å². The molecule has 0 aliphatic heterocycles. The largest absolute Gasteiger partial charge is 0.496 e. The van der Waals surface area contributed by atoms with Crippen molar-refractivity contribution in [3.8, 4) is 22.0 Å². The Hall–Kier alpha value is -2.71. The molecule has 0 amide bonds. The van der Waals surface area contributed by atoms with Crippen molar-refractivity contribution in [3.05, 3.63) is 65.2 Å². The summed E-state index contributed by atoms with van der Waals surface area (Å²) in [5.74, 6) is 1.52. The number of ether oxygens (including phenoxy) is 1. The van der Waals surface area contributed by atoms with Crippen molar-refractivity contribution < 1.29 is 4.74 Å². The Morgan fingerprint density at radius 3 is 2.89 bits per heavy atom. The van der Waals surface area contributed by atoms with Crippen molar-refractivity contribution in [2.45, 2.75) is 17.8 Å². The molecule has 0 saturated heterocycles. The van der Waals surface area contributed by atoms with Crippen LogP contribution in [-0.2, 0) is 5.75 Å². The maximum absolute atomic E-state index is 5.43. The van der Waals surface area contributed by atoms with Gasteiger partial charge in [-0.15, -0.1) is 16.4 Å². The lowest BCUT2D eigenvalue weighted by Crippen LogP contribution is -1.99. The molecule has 136 valence electrons. The zero-order chi connectivity index (χ0) is 18.6. The molecule has 0 saturated carbocycles. The van der Waals surface area contributed by atoms with E-state index in [2.05, 4.69) is 40.0 Å². The third kappa shape index (κ3) is 3.86. The van der Waals surface area contributed by atoms with Crippen molar-refractivity contribution >= 4 is 23.1 Å². The number of para-hydroxylation sites is 1. The van der Waals surface area contributed by atoms with Crippen LogP contribution in [0.4, 0.5) is 0 Å². The molecule has 6 nitrogen and oxygen atoms in total. The second-order valence-electron chi connectivity index (χ2n) is 5.85. The lowest BCUT2D eigenvalue weighted by Gasteiger charge is -2.05. The van der Waals surface area contributed by atoms with E-state index in [1.54, 1.807) is 34.9 Å². The maximum atomic E-state index is 5.43. The fourth-order valence-corrected chi connectivity index (χ4v) is 4.39. The molecule has 0 fully saturated rings. The molecule has 0 unspecified atom stereocenters. The average molecular weight is 396 g/mol. The van der Waals surface area contributed by atoms with Gasteiger partial charge in [-0.05, 0) is 47.2 Å². The number of methoxy groups -OCH3 is 1. The molecule has 0 aliphatic rings. The highest BCUT2D eigenvalue weighted by Crippen LogP contribution is 2.33. The molecule has 2 aromatic carbocycles. The fraction of sp³-hybridized carbons (Fsp3) is 0.158. The minimum Gasteiger partial charge on any atom is -0.496 e. The predicted octanol–water partition coefficient (Wildman–Crippen LogP) is 4.40. The number of aromatic nitrogens is 5. The van der Waals surface area contributed by atoms with Crippen LogP contribution < -0.4 is 4.74 Å². The molecular formula is C19H17N5OS2. The van der Waals surface area contributed by atoms with Gasteiger partial charge in [0.2, 0.25) is 5.16 Å². The molecule has 8 heteroatoms. The van der Waals surface area contributed by atoms with E-state index in [1.165, 1.54) is 5.56 Å². The third-order valence-corrected chi connectivity index (χ3v) is 5.80. The van der Waals surface area contributed by atoms with Crippen LogP contribution in [0.1, 0.15) is 11.3 Å². The number of tetrazole rings is 1. The van der Waals surface area contributed by atoms with E-state index in [1.807, 2.05) is 36.4 Å². The quantitative estimate of drug-likeness (QED) is 0.451. The van der Waals surface area contributed by atoms with Crippen molar-refractivity contribution in [1.82, 2.24) is 25.2 Å². The van der Waals surface area contributed by atoms with Gasteiger partial charge in [-0.25, -0.2) is 4.98 Å². The highest BCUT2D eigenvalue weighted by atomic mass is 32.2. The minimum atomic E-state index is 0.692. The number of thioether (sulfide) groups is 1. The van der Waals surface area contributed by atoms with Crippen LogP contribution in [0.5, 0.6) is 5.75 Å². The number of nitrogens with zero attached hydrogens (tertiary/aromatic N) is 5. The summed E-state index contributed by atoms with van der Waals surface area (Å²) in [6.45, 7) is 2.05. The van der Waals surface area contributed by atoms with Crippen LogP contribution in [0.25, 0.3) is 16.3 Å². The van der Waals surface area contributed by atoms with Gasteiger partial charge < -0.3 is 4.74 Å². The maximum Gasteiger partial charge on any atom is 0.214 e. The summed E-state index contributed by atoms with van der Waals surface area (Å²) in [4.78, 5) is 4.74. The van der Waals surface area contributed by atoms with E-state index in [0.29, 0.717) is 5.75 Å². The second-order valence-corrected chi connectivity index (χ2v) is 7.65. The van der Waals surface area contributed by atoms with Crippen molar-refractivity contribution in [3.63, 3.8) is 0 Å². The summed E-state index contributed by atoms with van der Waals surface area (Å²) < 4.78 is 7.19. The van der Waals surface area contributed by atoms with E-state index < -0.39 is 0 Å². The van der Waals surface area contributed by atoms with Crippen LogP contribution >= 0.6 is 23.1 Å². The highest BCUT2D eigenvalue weighted by molar-refractivity contribution is 7.98. The lowest BCUT2D eigenvalue weighted by molar-refractivity contribution is 0.416. The Bertz CT molecular complexity index is 1060. The first-order valence-electron chi connectivity index (χ1n) is 8.30. The van der Waals surface area contributed by atoms with Crippen LogP contribution in [0.2, 0.25) is 0 Å². The Morgan fingerprint density at radius 2 is 2.04 bits per heavy atom. The molecule has 2 aromatic heterocycles. The molecule has 0 N–H and O–H groups in total. The number of hydrogen-bond acceptors (Lipinski definition) is 7. The van der Waals surface area contributed by atoms with Gasteiger partial charge in [-0.2, -0.15) is 4.68 Å². The van der Waals surface area contributed by atoms with E-state index in [0.717, 1.165) is 32.9 Å². The number of benzene rings is 2. The van der Waals surface area contributed by atoms with E-state index in [-0.39, 0.29) is 0 Å². The summed E-state index contributed by atoms with van der Waals surface area (Å²) in [6.07, 6.45) is 0. The Kier molecular flexibility index (Phi) is 5.17. The first kappa shape index (κ1) is 17.7. The normalized spacial score (nSPS) is 10.9. The second kappa shape index (κ2) is 7.89. The van der Waals surface area contributed by atoms with Crippen LogP contribution in [0.15, 0.2) is 59.1 Å². The summed E-state index contributed by atoms with van der Waals surface area (Å²) in [5.41, 5.74) is 4.12. The summed E-state index contributed by atoms with van der Waals surface area (Å²) in [7, 11) is 1.67. The number of aryl methyl sites for hydroxylation is 1. The minimum absolute atomic E-state index is 0.692. The Morgan fingerprint density at radius 1 is 1.15 bits per heavy atom. The third-order valence-electron chi connectivity index (χ3n) is 3.93. The standard InChI is InChI=1S/C19H17N5OS2/c1-13-6-5-7-15(10-13)24-19(21-22-23-24)27-12-14-11-26-18(20-14)16-8-3-4-9-17(16)25-2/h3-11H,12H2,1-2H3. The number of rotatable bonds is 6. The zero-order valence-corrected chi connectivity index (χ0v) is 16.5. The van der Waals surface area contributed by atoms with Gasteiger partial charge in [-0.3, -0.25) is 0 Å². The fourth-order valence-electron chi connectivity index (χ4n) is 2.65. The summed E-state index contributed by atoms with van der Waals surface area (Å²) in [5, 5.41) is 15.8. The van der Waals surface area contributed by atoms with Crippen LogP contribution in [0.3, 0.4) is 0 Å². The SMILES string of the molecule is COc1ccccc1-c1nc(CSc2nnnn2-c2cccc(C)c2)cs1. The van der Waals surface area contributed by atoms with Crippen molar-refractivity contribution in [2.24, 2.45) is 0 Å². The summed E-state index contributed by atoms with van der Waals surface area (Å²) in [6, 6.07) is 16.0. The van der Waals surface area contributed by atoms with Gasteiger partial charge in [0.05, 0.1) is 24.1 Å². The van der Waals surface area contributed by atoms with Crippen molar-refractivity contribution in [2.75, 3.05) is 7.11 Å². The monoisotopic (exact) mass is 395 g/mol. The first-order valence-corrected chi connectivity index (χ1v) is 10.2. The van der Waals surface area contributed by atoms with E-state index in [9.17, 15) is 0 Å². The molecule has 0 radical (unpaired) electrons. The van der Waals surface area contributed by atoms with Gasteiger partial charge in [0, 0.05) is 11.1 Å². The first-order chi connectivity index (χ1) is 13.2. The number of thiazole rings is 1. The molecule has 0 atom stereocenters. The molecule has 4 rings (SSSR count). The topological polar surface area (TPSA) is 65.7 Å². The van der Waals surface area contributed by atoms with Gasteiger partial charge in [0.1, 0.15) is 10.8 Å². The van der Waals surface area contributed by atoms with Crippen LogP contribution in [0, 0.1) is 6.92 Å². The molecular weight excluding hydrogens is 378 g/mol. The number of hydrogen-bond donors (Lipinski definition) is 0. The van der Waals surface area contributed by atoms with Gasteiger partial charge in [-0.1, -0.05) is 36.0 Å². The lowest BCUT2D eigenvalue weighted by atomic mass is 10.2. The average Bonchev–Trinajstić information content (AvgIpc) is 3.35. The molecule has 0 aliphatic carbocycles. The van der Waals surface area contributed by atoms with E-state index >= 15 is 0 Å². The van der Waals surface area contributed by atoms with Crippen molar-refractivity contribution in [1.29, 1.82) is 0 Å². The highest BCUT2D eigenvalue weighted by Gasteiger charge is 2.13. The smallest absolute Gasteiger partial charge is 0.214 e. The molecule has 2 heterocycles. The van der Waals surface area contributed by atoms with E-state index in [4.69, 9.17) is 9.72 Å². The molecule has 0 bridgehead atoms. The Balaban J connectivity index is 1.51. The zero-order valence-electron chi connectivity index (χ0n) is 14.9. The van der Waals surface area contributed by atoms with Crippen LogP contribution in [-0.4, -0.2) is 32.3 Å². The summed E-state index contributed by atoms with van der Waals surface area (Å²) >= 11 is 3.17. The van der Waals surface area contributed by atoms with Gasteiger partial charge in [0.15, 0.2) is 0 Å².